The van der Waals surface area contributed by atoms with Gasteiger partial charge < -0.3 is 9.32 Å². The van der Waals surface area contributed by atoms with E-state index in [1.165, 1.54) is 11.1 Å². The number of aryl methyl sites for hydroxylation is 1. The van der Waals surface area contributed by atoms with Crippen molar-refractivity contribution in [3.05, 3.63) is 65.7 Å². The molecule has 1 atom stereocenters. The maximum Gasteiger partial charge on any atom is 0.257 e. The predicted molar refractivity (Wildman–Crippen MR) is 93.1 cm³/mol. The number of nitrogens with zero attached hydrogens (tertiary/aromatic N) is 2. The summed E-state index contributed by atoms with van der Waals surface area (Å²) in [6.07, 6.45) is 7.17. The van der Waals surface area contributed by atoms with Crippen molar-refractivity contribution in [2.24, 2.45) is 0 Å². The average molecular weight is 320 g/mol. The van der Waals surface area contributed by atoms with Gasteiger partial charge in [0.1, 0.15) is 11.8 Å². The summed E-state index contributed by atoms with van der Waals surface area (Å²) in [6.45, 7) is 3.65. The molecule has 1 unspecified atom stereocenters. The summed E-state index contributed by atoms with van der Waals surface area (Å²) >= 11 is 0. The van der Waals surface area contributed by atoms with Crippen molar-refractivity contribution >= 4 is 16.9 Å². The summed E-state index contributed by atoms with van der Waals surface area (Å²) in [4.78, 5) is 19.0. The molecule has 0 radical (unpaired) electrons. The SMILES string of the molecule is CCc1ccc2occ(C(=O)N3CCC(c4ccncc4)C3)c2c1. The van der Waals surface area contributed by atoms with Gasteiger partial charge in [-0.25, -0.2) is 0 Å². The molecule has 24 heavy (non-hydrogen) atoms. The number of rotatable bonds is 3. The number of hydrogen-bond donors (Lipinski definition) is 0. The quantitative estimate of drug-likeness (QED) is 0.732. The van der Waals surface area contributed by atoms with Gasteiger partial charge in [-0.2, -0.15) is 0 Å². The largest absolute Gasteiger partial charge is 0.463 e. The molecule has 1 fully saturated rings. The van der Waals surface area contributed by atoms with Gasteiger partial charge in [-0.05, 0) is 48.2 Å². The van der Waals surface area contributed by atoms with E-state index in [0.29, 0.717) is 11.5 Å². The standard InChI is InChI=1S/C20H20N2O2/c1-2-14-3-4-19-17(11-14)18(13-24-19)20(23)22-10-7-16(12-22)15-5-8-21-9-6-15/h3-6,8-9,11,13,16H,2,7,10,12H2,1H3. The molecule has 0 aliphatic carbocycles. The van der Waals surface area contributed by atoms with E-state index in [1.54, 1.807) is 6.26 Å². The molecule has 3 heterocycles. The van der Waals surface area contributed by atoms with Crippen molar-refractivity contribution in [1.82, 2.24) is 9.88 Å². The topological polar surface area (TPSA) is 46.3 Å². The van der Waals surface area contributed by atoms with Gasteiger partial charge in [0.2, 0.25) is 0 Å². The van der Waals surface area contributed by atoms with Gasteiger partial charge in [-0.3, -0.25) is 9.78 Å². The monoisotopic (exact) mass is 320 g/mol. The lowest BCUT2D eigenvalue weighted by Gasteiger charge is -2.16. The van der Waals surface area contributed by atoms with Gasteiger partial charge in [0.15, 0.2) is 0 Å². The lowest BCUT2D eigenvalue weighted by atomic mass is 10.00. The molecule has 122 valence electrons. The van der Waals surface area contributed by atoms with E-state index in [9.17, 15) is 4.79 Å². The van der Waals surface area contributed by atoms with E-state index >= 15 is 0 Å². The fourth-order valence-corrected chi connectivity index (χ4v) is 3.48. The summed E-state index contributed by atoms with van der Waals surface area (Å²) < 4.78 is 5.58. The molecular weight excluding hydrogens is 300 g/mol. The van der Waals surface area contributed by atoms with Crippen LogP contribution >= 0.6 is 0 Å². The lowest BCUT2D eigenvalue weighted by molar-refractivity contribution is 0.0791. The smallest absolute Gasteiger partial charge is 0.257 e. The number of furan rings is 1. The second kappa shape index (κ2) is 6.11. The van der Waals surface area contributed by atoms with Crippen molar-refractivity contribution in [1.29, 1.82) is 0 Å². The van der Waals surface area contributed by atoms with Crippen molar-refractivity contribution in [3.63, 3.8) is 0 Å². The predicted octanol–water partition coefficient (Wildman–Crippen LogP) is 4.02. The zero-order chi connectivity index (χ0) is 16.5. The lowest BCUT2D eigenvalue weighted by Crippen LogP contribution is -2.28. The summed E-state index contributed by atoms with van der Waals surface area (Å²) in [7, 11) is 0. The van der Waals surface area contributed by atoms with Gasteiger partial charge in [0.05, 0.1) is 5.56 Å². The summed E-state index contributed by atoms with van der Waals surface area (Å²) in [5, 5.41) is 0.923. The zero-order valence-corrected chi connectivity index (χ0v) is 13.7. The Labute approximate surface area is 141 Å². The highest BCUT2D eigenvalue weighted by Crippen LogP contribution is 2.30. The zero-order valence-electron chi connectivity index (χ0n) is 13.7. The van der Waals surface area contributed by atoms with Crippen LogP contribution in [0, 0.1) is 0 Å². The Morgan fingerprint density at radius 2 is 2.12 bits per heavy atom. The average Bonchev–Trinajstić information content (AvgIpc) is 3.28. The van der Waals surface area contributed by atoms with Crippen LogP contribution in [0.25, 0.3) is 11.0 Å². The number of carbonyl (C=O) groups is 1. The molecule has 1 aliphatic heterocycles. The van der Waals surface area contributed by atoms with Crippen LogP contribution in [0.5, 0.6) is 0 Å². The summed E-state index contributed by atoms with van der Waals surface area (Å²) in [5.74, 6) is 0.458. The molecule has 4 nitrogen and oxygen atoms in total. The number of amides is 1. The third kappa shape index (κ3) is 2.58. The van der Waals surface area contributed by atoms with Crippen LogP contribution in [0.2, 0.25) is 0 Å². The molecule has 0 bridgehead atoms. The number of pyridine rings is 1. The third-order valence-corrected chi connectivity index (χ3v) is 4.93. The first kappa shape index (κ1) is 14.9. The van der Waals surface area contributed by atoms with Crippen LogP contribution in [0.3, 0.4) is 0 Å². The maximum atomic E-state index is 13.0. The minimum atomic E-state index is 0.0681. The van der Waals surface area contributed by atoms with E-state index in [-0.39, 0.29) is 5.91 Å². The van der Waals surface area contributed by atoms with Crippen molar-refractivity contribution in [3.8, 4) is 0 Å². The number of hydrogen-bond acceptors (Lipinski definition) is 3. The minimum Gasteiger partial charge on any atom is -0.463 e. The van der Waals surface area contributed by atoms with Crippen LogP contribution in [0.15, 0.2) is 53.4 Å². The van der Waals surface area contributed by atoms with Crippen LogP contribution < -0.4 is 0 Å². The fraction of sp³-hybridized carbons (Fsp3) is 0.300. The highest BCUT2D eigenvalue weighted by Gasteiger charge is 2.29. The minimum absolute atomic E-state index is 0.0681. The van der Waals surface area contributed by atoms with Crippen molar-refractivity contribution in [2.75, 3.05) is 13.1 Å². The van der Waals surface area contributed by atoms with E-state index in [0.717, 1.165) is 36.9 Å². The van der Waals surface area contributed by atoms with Crippen LogP contribution in [0.4, 0.5) is 0 Å². The van der Waals surface area contributed by atoms with E-state index in [1.807, 2.05) is 35.5 Å². The molecule has 0 spiro atoms. The first-order chi connectivity index (χ1) is 11.8. The first-order valence-corrected chi connectivity index (χ1v) is 8.45. The third-order valence-electron chi connectivity index (χ3n) is 4.93. The summed E-state index contributed by atoms with van der Waals surface area (Å²) in [6, 6.07) is 10.2. The van der Waals surface area contributed by atoms with Gasteiger partial charge in [-0.1, -0.05) is 13.0 Å². The Bertz CT molecular complexity index is 870. The second-order valence-corrected chi connectivity index (χ2v) is 6.35. The van der Waals surface area contributed by atoms with E-state index in [2.05, 4.69) is 24.0 Å². The molecule has 0 N–H and O–H groups in total. The van der Waals surface area contributed by atoms with Crippen LogP contribution in [-0.4, -0.2) is 28.9 Å². The number of aromatic nitrogens is 1. The van der Waals surface area contributed by atoms with E-state index < -0.39 is 0 Å². The van der Waals surface area contributed by atoms with Gasteiger partial charge >= 0.3 is 0 Å². The normalized spacial score (nSPS) is 17.5. The molecule has 1 aromatic carbocycles. The van der Waals surface area contributed by atoms with Gasteiger partial charge in [-0.15, -0.1) is 0 Å². The highest BCUT2D eigenvalue weighted by molar-refractivity contribution is 6.06. The second-order valence-electron chi connectivity index (χ2n) is 6.35. The summed E-state index contributed by atoms with van der Waals surface area (Å²) in [5.41, 5.74) is 3.93. The molecule has 3 aromatic rings. The van der Waals surface area contributed by atoms with E-state index in [4.69, 9.17) is 4.42 Å². The molecule has 4 rings (SSSR count). The van der Waals surface area contributed by atoms with Crippen molar-refractivity contribution in [2.45, 2.75) is 25.7 Å². The van der Waals surface area contributed by atoms with Crippen molar-refractivity contribution < 1.29 is 9.21 Å². The number of likely N-dealkylation sites (tertiary alicyclic amines) is 1. The van der Waals surface area contributed by atoms with Gasteiger partial charge in [0, 0.05) is 36.8 Å². The molecule has 1 saturated heterocycles. The number of benzene rings is 1. The Hall–Kier alpha value is -2.62. The van der Waals surface area contributed by atoms with Crippen LogP contribution in [0.1, 0.15) is 40.7 Å². The Balaban J connectivity index is 1.58. The first-order valence-electron chi connectivity index (χ1n) is 8.45. The molecule has 4 heteroatoms. The molecular formula is C20H20N2O2. The molecule has 1 aliphatic rings. The van der Waals surface area contributed by atoms with Gasteiger partial charge in [0.25, 0.3) is 5.91 Å². The fourth-order valence-electron chi connectivity index (χ4n) is 3.48. The number of carbonyl (C=O) groups excluding carboxylic acids is 1. The molecule has 1 amide bonds. The number of fused-ring (bicyclic) bond motifs is 1. The highest BCUT2D eigenvalue weighted by atomic mass is 16.3. The Morgan fingerprint density at radius 3 is 2.92 bits per heavy atom. The maximum absolute atomic E-state index is 13.0. The Kier molecular flexibility index (Phi) is 3.81. The Morgan fingerprint density at radius 1 is 1.29 bits per heavy atom. The molecule has 2 aromatic heterocycles. The van der Waals surface area contributed by atoms with Crippen LogP contribution in [-0.2, 0) is 6.42 Å². The molecule has 0 saturated carbocycles.